The molecular weight excluding hydrogens is 623 g/mol. The highest BCUT2D eigenvalue weighted by atomic mass is 31.2. The third-order valence-corrected chi connectivity index (χ3v) is 7.66. The molecule has 0 aromatic rings. The van der Waals surface area contributed by atoms with Gasteiger partial charge in [-0.25, -0.2) is 4.57 Å². The fourth-order valence-corrected chi connectivity index (χ4v) is 5.04. The number of ether oxygens (including phenoxy) is 2. The van der Waals surface area contributed by atoms with Crippen LogP contribution in [0.5, 0.6) is 0 Å². The van der Waals surface area contributed by atoms with E-state index in [9.17, 15) is 44.6 Å². The van der Waals surface area contributed by atoms with E-state index < -0.39 is 75.7 Å². The molecular formula is C32H51O13P. The van der Waals surface area contributed by atoms with E-state index in [2.05, 4.69) is 55.5 Å². The quantitative estimate of drug-likeness (QED) is 0.0423. The van der Waals surface area contributed by atoms with Crippen molar-refractivity contribution in [2.75, 3.05) is 13.2 Å². The monoisotopic (exact) mass is 674 g/mol. The fraction of sp³-hybridized carbons (Fsp3) is 0.625. The summed E-state index contributed by atoms with van der Waals surface area (Å²) in [4.78, 5) is 34.1. The molecule has 6 unspecified atom stereocenters. The Kier molecular flexibility index (Phi) is 21.5. The minimum Gasteiger partial charge on any atom is -0.462 e. The molecule has 0 aromatic heterocycles. The lowest BCUT2D eigenvalue weighted by molar-refractivity contribution is -0.220. The molecule has 1 aliphatic carbocycles. The van der Waals surface area contributed by atoms with Crippen LogP contribution in [0.1, 0.15) is 71.6 Å². The predicted octanol–water partition coefficient (Wildman–Crippen LogP) is 3.09. The first-order valence-corrected chi connectivity index (χ1v) is 17.1. The topological polar surface area (TPSA) is 210 Å². The number of hydrogen-bond donors (Lipinski definition) is 6. The van der Waals surface area contributed by atoms with Crippen LogP contribution in [0.25, 0.3) is 0 Å². The first kappa shape index (κ1) is 41.6. The highest BCUT2D eigenvalue weighted by Gasteiger charge is 2.51. The van der Waals surface area contributed by atoms with Crippen molar-refractivity contribution in [1.82, 2.24) is 0 Å². The molecule has 262 valence electrons. The van der Waals surface area contributed by atoms with Crippen LogP contribution in [0.3, 0.4) is 0 Å². The number of carbonyl (C=O) groups excluding carboxylic acids is 2. The SMILES string of the molecule is CC/C=C\C/C=C\C/C=C\C/C=C\C/C=C\CCCC(=O)OC(COC(=O)CC)COP(=O)(O)OC1C(O)C(O)C(O)C(O)C1O. The van der Waals surface area contributed by atoms with Crippen molar-refractivity contribution in [2.24, 2.45) is 0 Å². The summed E-state index contributed by atoms with van der Waals surface area (Å²) in [6, 6.07) is 0. The van der Waals surface area contributed by atoms with E-state index in [0.717, 1.165) is 32.1 Å². The third kappa shape index (κ3) is 17.5. The predicted molar refractivity (Wildman–Crippen MR) is 170 cm³/mol. The maximum Gasteiger partial charge on any atom is 0.472 e. The largest absolute Gasteiger partial charge is 0.472 e. The Bertz CT molecular complexity index is 1050. The Morgan fingerprint density at radius 1 is 0.696 bits per heavy atom. The van der Waals surface area contributed by atoms with Crippen LogP contribution in [0.4, 0.5) is 0 Å². The van der Waals surface area contributed by atoms with Crippen molar-refractivity contribution in [3.8, 4) is 0 Å². The van der Waals surface area contributed by atoms with Crippen molar-refractivity contribution in [1.29, 1.82) is 0 Å². The molecule has 0 aromatic carbocycles. The zero-order chi connectivity index (χ0) is 34.4. The average Bonchev–Trinajstić information content (AvgIpc) is 3.03. The van der Waals surface area contributed by atoms with Crippen LogP contribution in [0.15, 0.2) is 60.8 Å². The van der Waals surface area contributed by atoms with Gasteiger partial charge in [0.2, 0.25) is 0 Å². The van der Waals surface area contributed by atoms with E-state index in [1.807, 2.05) is 12.2 Å². The Morgan fingerprint density at radius 2 is 1.17 bits per heavy atom. The van der Waals surface area contributed by atoms with E-state index in [1.165, 1.54) is 0 Å². The van der Waals surface area contributed by atoms with Gasteiger partial charge in [-0.1, -0.05) is 74.6 Å². The number of carbonyl (C=O) groups is 2. The first-order valence-electron chi connectivity index (χ1n) is 15.6. The molecule has 6 atom stereocenters. The second-order valence-electron chi connectivity index (χ2n) is 10.5. The summed E-state index contributed by atoms with van der Waals surface area (Å²) in [6.07, 6.45) is 13.2. The van der Waals surface area contributed by atoms with Crippen molar-refractivity contribution >= 4 is 19.8 Å². The minimum atomic E-state index is -5.09. The molecule has 46 heavy (non-hydrogen) atoms. The van der Waals surface area contributed by atoms with Crippen molar-refractivity contribution in [3.63, 3.8) is 0 Å². The van der Waals surface area contributed by atoms with Crippen LogP contribution in [-0.2, 0) is 32.7 Å². The van der Waals surface area contributed by atoms with E-state index in [0.29, 0.717) is 12.8 Å². The van der Waals surface area contributed by atoms with Gasteiger partial charge in [-0.05, 0) is 44.9 Å². The van der Waals surface area contributed by atoms with Gasteiger partial charge in [0.25, 0.3) is 0 Å². The molecule has 0 bridgehead atoms. The minimum absolute atomic E-state index is 0.0123. The second kappa shape index (κ2) is 23.8. The Morgan fingerprint density at radius 3 is 1.67 bits per heavy atom. The van der Waals surface area contributed by atoms with Gasteiger partial charge >= 0.3 is 19.8 Å². The van der Waals surface area contributed by atoms with E-state index in [1.54, 1.807) is 6.92 Å². The summed E-state index contributed by atoms with van der Waals surface area (Å²) in [7, 11) is -5.09. The summed E-state index contributed by atoms with van der Waals surface area (Å²) in [6.45, 7) is 2.41. The molecule has 6 N–H and O–H groups in total. The molecule has 0 saturated heterocycles. The van der Waals surface area contributed by atoms with Crippen molar-refractivity contribution < 1.29 is 63.1 Å². The van der Waals surface area contributed by atoms with E-state index >= 15 is 0 Å². The van der Waals surface area contributed by atoms with Gasteiger partial charge in [0.05, 0.1) is 6.61 Å². The number of unbranched alkanes of at least 4 members (excludes halogenated alkanes) is 1. The zero-order valence-electron chi connectivity index (χ0n) is 26.6. The Hall–Kier alpha value is -2.45. The summed E-state index contributed by atoms with van der Waals surface area (Å²) >= 11 is 0. The van der Waals surface area contributed by atoms with E-state index in [4.69, 9.17) is 18.5 Å². The molecule has 1 fully saturated rings. The highest BCUT2D eigenvalue weighted by molar-refractivity contribution is 7.47. The van der Waals surface area contributed by atoms with Crippen LogP contribution in [0.2, 0.25) is 0 Å². The number of esters is 2. The van der Waals surface area contributed by atoms with E-state index in [-0.39, 0.29) is 12.8 Å². The number of rotatable bonds is 22. The van der Waals surface area contributed by atoms with Gasteiger partial charge in [-0.2, -0.15) is 0 Å². The summed E-state index contributed by atoms with van der Waals surface area (Å²) in [5, 5.41) is 49.3. The number of allylic oxidation sites excluding steroid dienone is 10. The molecule has 14 heteroatoms. The molecule has 13 nitrogen and oxygen atoms in total. The maximum absolute atomic E-state index is 12.5. The Balaban J connectivity index is 2.45. The molecule has 1 saturated carbocycles. The molecule has 0 radical (unpaired) electrons. The van der Waals surface area contributed by atoms with Gasteiger partial charge < -0.3 is 39.9 Å². The summed E-state index contributed by atoms with van der Waals surface area (Å²) in [5.41, 5.74) is 0. The van der Waals surface area contributed by atoms with Crippen molar-refractivity contribution in [2.45, 2.75) is 114 Å². The normalized spacial score (nSPS) is 26.0. The maximum atomic E-state index is 12.5. The molecule has 0 heterocycles. The lowest BCUT2D eigenvalue weighted by Gasteiger charge is -2.41. The van der Waals surface area contributed by atoms with Gasteiger partial charge in [-0.3, -0.25) is 18.6 Å². The Labute approximate surface area is 271 Å². The molecule has 0 aliphatic heterocycles. The highest BCUT2D eigenvalue weighted by Crippen LogP contribution is 2.47. The standard InChI is InChI=1S/C32H51O13P/c1-3-5-6-7-8-9-10-11-12-13-14-15-16-17-18-19-20-21-26(34)44-24(22-42-25(33)4-2)23-43-46(40,41)45-32-30(38)28(36)27(35)29(37)31(32)39/h5-6,8-9,11-12,14-15,17-18,24,27-32,35-39H,3-4,7,10,13,16,19-23H2,1-2H3,(H,40,41)/b6-5-,9-8-,12-11-,15-14-,18-17-. The summed E-state index contributed by atoms with van der Waals surface area (Å²) in [5.74, 6) is -1.28. The van der Waals surface area contributed by atoms with Crippen molar-refractivity contribution in [3.05, 3.63) is 60.8 Å². The molecule has 0 spiro atoms. The van der Waals surface area contributed by atoms with Crippen LogP contribution in [-0.4, -0.2) is 98.3 Å². The number of aliphatic hydroxyl groups is 5. The van der Waals surface area contributed by atoms with Gasteiger partial charge in [-0.15, -0.1) is 0 Å². The zero-order valence-corrected chi connectivity index (χ0v) is 27.5. The second-order valence-corrected chi connectivity index (χ2v) is 11.9. The first-order chi connectivity index (χ1) is 21.9. The number of phosphoric ester groups is 1. The van der Waals surface area contributed by atoms with Gasteiger partial charge in [0.15, 0.2) is 6.10 Å². The van der Waals surface area contributed by atoms with Crippen LogP contribution < -0.4 is 0 Å². The lowest BCUT2D eigenvalue weighted by atomic mass is 9.85. The molecule has 1 aliphatic rings. The molecule has 0 amide bonds. The number of aliphatic hydroxyl groups excluding tert-OH is 5. The summed E-state index contributed by atoms with van der Waals surface area (Å²) < 4.78 is 32.3. The average molecular weight is 675 g/mol. The number of hydrogen-bond acceptors (Lipinski definition) is 12. The van der Waals surface area contributed by atoms with Crippen LogP contribution >= 0.6 is 7.82 Å². The fourth-order valence-electron chi connectivity index (χ4n) is 4.06. The van der Waals surface area contributed by atoms with Gasteiger partial charge in [0.1, 0.15) is 43.2 Å². The van der Waals surface area contributed by atoms with Crippen LogP contribution in [0, 0.1) is 0 Å². The smallest absolute Gasteiger partial charge is 0.462 e. The van der Waals surface area contributed by atoms with Gasteiger partial charge in [0, 0.05) is 12.8 Å². The lowest BCUT2D eigenvalue weighted by Crippen LogP contribution is -2.64. The molecule has 1 rings (SSSR count). The number of phosphoric acid groups is 1. The third-order valence-electron chi connectivity index (χ3n) is 6.68.